The van der Waals surface area contributed by atoms with Crippen molar-refractivity contribution >= 4 is 23.6 Å². The molecule has 2 heterocycles. The van der Waals surface area contributed by atoms with Crippen LogP contribution >= 0.6 is 11.8 Å². The van der Waals surface area contributed by atoms with Gasteiger partial charge in [-0.15, -0.1) is 11.8 Å². The average molecular weight is 359 g/mol. The highest BCUT2D eigenvalue weighted by Crippen LogP contribution is 2.21. The summed E-state index contributed by atoms with van der Waals surface area (Å²) in [5, 5.41) is 0. The Bertz CT molecular complexity index is 774. The lowest BCUT2D eigenvalue weighted by molar-refractivity contribution is -0.137. The summed E-state index contributed by atoms with van der Waals surface area (Å²) >= 11 is 1.50. The van der Waals surface area contributed by atoms with Crippen LogP contribution in [0.15, 0.2) is 36.8 Å². The minimum atomic E-state index is -0.748. The molecule has 1 aromatic heterocycles. The van der Waals surface area contributed by atoms with Gasteiger partial charge in [0.25, 0.3) is 0 Å². The van der Waals surface area contributed by atoms with E-state index >= 15 is 0 Å². The van der Waals surface area contributed by atoms with Crippen LogP contribution in [0.25, 0.3) is 5.69 Å². The van der Waals surface area contributed by atoms with Crippen LogP contribution in [0.5, 0.6) is 0 Å². The van der Waals surface area contributed by atoms with Crippen LogP contribution in [0.4, 0.5) is 0 Å². The van der Waals surface area contributed by atoms with E-state index in [4.69, 9.17) is 11.5 Å². The quantitative estimate of drug-likeness (QED) is 0.805. The number of nitrogens with two attached hydrogens (primary N) is 2. The van der Waals surface area contributed by atoms with Crippen LogP contribution < -0.4 is 11.5 Å². The molecule has 132 valence electrons. The second kappa shape index (κ2) is 7.28. The van der Waals surface area contributed by atoms with Crippen molar-refractivity contribution in [2.75, 3.05) is 11.6 Å². The number of rotatable bonds is 5. The molecule has 2 amide bonds. The van der Waals surface area contributed by atoms with Crippen LogP contribution in [0.2, 0.25) is 0 Å². The fourth-order valence-electron chi connectivity index (χ4n) is 2.75. The van der Waals surface area contributed by atoms with Gasteiger partial charge in [0.15, 0.2) is 0 Å². The number of carbonyl (C=O) groups excluding carboxylic acids is 2. The molecule has 0 spiro atoms. The Balaban J connectivity index is 1.67. The van der Waals surface area contributed by atoms with Crippen molar-refractivity contribution in [2.45, 2.75) is 25.4 Å². The molecule has 4 N–H and O–H groups in total. The first-order valence-electron chi connectivity index (χ1n) is 7.98. The molecule has 2 atom stereocenters. The molecule has 3 rings (SSSR count). The summed E-state index contributed by atoms with van der Waals surface area (Å²) in [7, 11) is 0. The maximum absolute atomic E-state index is 12.5. The van der Waals surface area contributed by atoms with Gasteiger partial charge in [0, 0.05) is 24.1 Å². The molecule has 1 aliphatic heterocycles. The molecule has 1 unspecified atom stereocenters. The van der Waals surface area contributed by atoms with Gasteiger partial charge in [-0.05, 0) is 19.1 Å². The number of thioether (sulfide) groups is 1. The third-order valence-electron chi connectivity index (χ3n) is 4.21. The zero-order valence-electron chi connectivity index (χ0n) is 14.0. The van der Waals surface area contributed by atoms with Crippen molar-refractivity contribution in [3.8, 4) is 5.69 Å². The summed E-state index contributed by atoms with van der Waals surface area (Å²) in [5.74, 6) is 0.209. The molecule has 25 heavy (non-hydrogen) atoms. The van der Waals surface area contributed by atoms with Crippen molar-refractivity contribution in [2.24, 2.45) is 11.5 Å². The highest BCUT2D eigenvalue weighted by molar-refractivity contribution is 7.99. The van der Waals surface area contributed by atoms with Gasteiger partial charge in [0.05, 0.1) is 23.9 Å². The largest absolute Gasteiger partial charge is 0.368 e. The third kappa shape index (κ3) is 3.85. The van der Waals surface area contributed by atoms with E-state index in [2.05, 4.69) is 4.98 Å². The van der Waals surface area contributed by atoms with Crippen molar-refractivity contribution in [1.82, 2.24) is 14.5 Å². The lowest BCUT2D eigenvalue weighted by Gasteiger charge is -2.24. The van der Waals surface area contributed by atoms with Crippen molar-refractivity contribution in [3.05, 3.63) is 48.0 Å². The van der Waals surface area contributed by atoms with Crippen LogP contribution in [0.1, 0.15) is 11.3 Å². The normalized spacial score (nSPS) is 18.3. The smallest absolute Gasteiger partial charge is 0.241 e. The lowest BCUT2D eigenvalue weighted by Crippen LogP contribution is -2.51. The molecule has 7 nitrogen and oxygen atoms in total. The highest BCUT2D eigenvalue weighted by Gasteiger charge is 2.35. The average Bonchev–Trinajstić information content (AvgIpc) is 3.24. The molecule has 2 aromatic rings. The molecule has 8 heteroatoms. The summed E-state index contributed by atoms with van der Waals surface area (Å²) in [6.07, 6.45) is 3.88. The first-order chi connectivity index (χ1) is 12.0. The van der Waals surface area contributed by atoms with Crippen molar-refractivity contribution in [1.29, 1.82) is 0 Å². The molecule has 1 fully saturated rings. The Morgan fingerprint density at radius 3 is 2.76 bits per heavy atom. The van der Waals surface area contributed by atoms with Crippen LogP contribution in [-0.2, 0) is 16.0 Å². The molecule has 1 aromatic carbocycles. The topological polar surface area (TPSA) is 107 Å². The number of amides is 2. The van der Waals surface area contributed by atoms with E-state index in [-0.39, 0.29) is 5.91 Å². The predicted octanol–water partition coefficient (Wildman–Crippen LogP) is 0.437. The lowest BCUT2D eigenvalue weighted by atomic mass is 10.1. The Kier molecular flexibility index (Phi) is 5.10. The third-order valence-corrected chi connectivity index (χ3v) is 5.22. The zero-order chi connectivity index (χ0) is 18.0. The monoisotopic (exact) mass is 359 g/mol. The minimum Gasteiger partial charge on any atom is -0.368 e. The van der Waals surface area contributed by atoms with Gasteiger partial charge in [0.1, 0.15) is 6.04 Å². The molecule has 0 aliphatic carbocycles. The van der Waals surface area contributed by atoms with Crippen LogP contribution in [-0.4, -0.2) is 50.0 Å². The van der Waals surface area contributed by atoms with Crippen molar-refractivity contribution in [3.63, 3.8) is 0 Å². The molecule has 1 aliphatic rings. The number of aromatic nitrogens is 2. The van der Waals surface area contributed by atoms with E-state index in [0.717, 1.165) is 11.4 Å². The molecule has 0 saturated carbocycles. The van der Waals surface area contributed by atoms with Crippen LogP contribution in [0.3, 0.4) is 0 Å². The van der Waals surface area contributed by atoms with Gasteiger partial charge in [-0.1, -0.05) is 17.7 Å². The number of hydrogen-bond acceptors (Lipinski definition) is 5. The minimum absolute atomic E-state index is 0.265. The summed E-state index contributed by atoms with van der Waals surface area (Å²) in [4.78, 5) is 29.8. The Morgan fingerprint density at radius 1 is 1.36 bits per heavy atom. The summed E-state index contributed by atoms with van der Waals surface area (Å²) < 4.78 is 1.89. The Hall–Kier alpha value is -2.32. The van der Waals surface area contributed by atoms with Crippen LogP contribution in [0, 0.1) is 6.92 Å². The molecule has 1 saturated heterocycles. The Labute approximate surface area is 150 Å². The second-order valence-corrected chi connectivity index (χ2v) is 7.14. The van der Waals surface area contributed by atoms with Gasteiger partial charge >= 0.3 is 0 Å². The highest BCUT2D eigenvalue weighted by atomic mass is 32.2. The summed E-state index contributed by atoms with van der Waals surface area (Å²) in [5.41, 5.74) is 14.3. The van der Waals surface area contributed by atoms with E-state index in [1.54, 1.807) is 6.33 Å². The van der Waals surface area contributed by atoms with Gasteiger partial charge in [0.2, 0.25) is 11.8 Å². The Morgan fingerprint density at radius 2 is 2.08 bits per heavy atom. The number of benzene rings is 1. The molecule has 0 bridgehead atoms. The molecular weight excluding hydrogens is 338 g/mol. The number of carbonyl (C=O) groups is 2. The molecular formula is C17H21N5O2S. The van der Waals surface area contributed by atoms with Gasteiger partial charge in [-0.3, -0.25) is 9.59 Å². The number of primary amides is 1. The predicted molar refractivity (Wildman–Crippen MR) is 97.1 cm³/mol. The number of aryl methyl sites for hydroxylation is 1. The number of hydrogen-bond donors (Lipinski definition) is 2. The standard InChI is InChI=1S/C17H21N5O2S/c1-11-2-4-13(5-3-11)21-7-12(20-9-21)6-14(18)17(24)22-10-25-8-15(22)16(19)23/h2-5,7,9,14-15H,6,8,10,18H2,1H3,(H2,19,23)/t14-,15?/m0/s1. The van der Waals surface area contributed by atoms with E-state index in [0.29, 0.717) is 18.1 Å². The first-order valence-corrected chi connectivity index (χ1v) is 9.14. The molecule has 0 radical (unpaired) electrons. The van der Waals surface area contributed by atoms with E-state index in [1.165, 1.54) is 22.2 Å². The number of nitrogens with zero attached hydrogens (tertiary/aromatic N) is 3. The fraction of sp³-hybridized carbons (Fsp3) is 0.353. The van der Waals surface area contributed by atoms with E-state index in [9.17, 15) is 9.59 Å². The summed E-state index contributed by atoms with van der Waals surface area (Å²) in [6, 6.07) is 6.74. The van der Waals surface area contributed by atoms with Crippen molar-refractivity contribution < 1.29 is 9.59 Å². The zero-order valence-corrected chi connectivity index (χ0v) is 14.8. The van der Waals surface area contributed by atoms with Gasteiger partial charge < -0.3 is 20.9 Å². The first kappa shape index (κ1) is 17.5. The SMILES string of the molecule is Cc1ccc(-n2cnc(C[C@H](N)C(=O)N3CSCC3C(N)=O)c2)cc1. The van der Waals surface area contributed by atoms with Gasteiger partial charge in [-0.25, -0.2) is 4.98 Å². The van der Waals surface area contributed by atoms with E-state index < -0.39 is 18.0 Å². The second-order valence-electron chi connectivity index (χ2n) is 6.14. The summed E-state index contributed by atoms with van der Waals surface area (Å²) in [6.45, 7) is 2.03. The van der Waals surface area contributed by atoms with Gasteiger partial charge in [-0.2, -0.15) is 0 Å². The maximum Gasteiger partial charge on any atom is 0.241 e. The number of imidazole rings is 1. The maximum atomic E-state index is 12.5. The van der Waals surface area contributed by atoms with E-state index in [1.807, 2.05) is 42.0 Å². The fourth-order valence-corrected chi connectivity index (χ4v) is 3.93.